The fourth-order valence-corrected chi connectivity index (χ4v) is 11.1. The summed E-state index contributed by atoms with van der Waals surface area (Å²) < 4.78 is 16.2. The van der Waals surface area contributed by atoms with E-state index in [-0.39, 0.29) is 0 Å². The first-order valence-corrected chi connectivity index (χ1v) is 20.4. The van der Waals surface area contributed by atoms with E-state index in [1.54, 1.807) is 0 Å². The summed E-state index contributed by atoms with van der Waals surface area (Å²) in [6, 6.07) is 63.5. The van der Waals surface area contributed by atoms with Crippen LogP contribution in [0.3, 0.4) is 0 Å². The predicted octanol–water partition coefficient (Wildman–Crippen LogP) is 12.0. The summed E-state index contributed by atoms with van der Waals surface area (Å²) in [5, 5.41) is 9.11. The Balaban J connectivity index is 1.49. The van der Waals surface area contributed by atoms with Gasteiger partial charge >= 0.3 is 0 Å². The molecule has 242 valence electrons. The van der Waals surface area contributed by atoms with Crippen LogP contribution in [0.25, 0.3) is 32.7 Å². The molecule has 8 rings (SSSR count). The molecule has 0 bridgehead atoms. The van der Waals surface area contributed by atoms with Crippen molar-refractivity contribution in [3.8, 4) is 22.6 Å². The number of para-hydroxylation sites is 2. The van der Waals surface area contributed by atoms with Gasteiger partial charge in [0.25, 0.3) is 0 Å². The van der Waals surface area contributed by atoms with Crippen LogP contribution in [-0.4, -0.2) is 0 Å². The predicted molar refractivity (Wildman–Crippen MR) is 222 cm³/mol. The molecule has 0 fully saturated rings. The van der Waals surface area contributed by atoms with Gasteiger partial charge in [-0.25, -0.2) is 0 Å². The summed E-state index contributed by atoms with van der Waals surface area (Å²) in [5.41, 5.74) is 2.29. The molecule has 6 heteroatoms. The molecule has 2 unspecified atom stereocenters. The summed E-state index contributed by atoms with van der Waals surface area (Å²) in [6.45, 7) is 0. The average molecular weight is 812 g/mol. The van der Waals surface area contributed by atoms with Gasteiger partial charge in [0.05, 0.1) is 0 Å². The van der Waals surface area contributed by atoms with Crippen LogP contribution < -0.4 is 30.3 Å². The van der Waals surface area contributed by atoms with Crippen molar-refractivity contribution in [1.29, 1.82) is 0 Å². The first-order chi connectivity index (χ1) is 24.7. The van der Waals surface area contributed by atoms with Gasteiger partial charge in [-0.2, -0.15) is 0 Å². The third-order valence-electron chi connectivity index (χ3n) is 8.52. The molecule has 0 aliphatic heterocycles. The summed E-state index contributed by atoms with van der Waals surface area (Å²) in [4.78, 5) is 0. The van der Waals surface area contributed by atoms with Crippen LogP contribution in [-0.2, 0) is 0 Å². The lowest BCUT2D eigenvalue weighted by atomic mass is 9.93. The molecule has 2 nitrogen and oxygen atoms in total. The minimum atomic E-state index is -1.31. The molecule has 0 spiro atoms. The van der Waals surface area contributed by atoms with Crippen LogP contribution in [0.2, 0.25) is 0 Å². The van der Waals surface area contributed by atoms with E-state index >= 15 is 0 Å². The fourth-order valence-electron chi connectivity index (χ4n) is 6.26. The molecule has 0 aliphatic carbocycles. The van der Waals surface area contributed by atoms with Gasteiger partial charge < -0.3 is 9.05 Å². The van der Waals surface area contributed by atoms with Crippen LogP contribution in [0.4, 0.5) is 0 Å². The van der Waals surface area contributed by atoms with Gasteiger partial charge in [-0.05, 0) is 70.1 Å². The Kier molecular flexibility index (Phi) is 9.80. The highest BCUT2D eigenvalue weighted by Gasteiger charge is 2.30. The first-order valence-electron chi connectivity index (χ1n) is 16.2. The lowest BCUT2D eigenvalue weighted by Gasteiger charge is -2.28. The number of benzene rings is 8. The summed E-state index contributed by atoms with van der Waals surface area (Å²) in [7, 11) is -2.62. The Morgan fingerprint density at radius 1 is 0.320 bits per heavy atom. The fraction of sp³-hybridized carbons (Fsp3) is 0. The molecule has 0 saturated carbocycles. The zero-order valence-electron chi connectivity index (χ0n) is 26.8. The van der Waals surface area contributed by atoms with Gasteiger partial charge in [-0.3, -0.25) is 0 Å². The van der Waals surface area contributed by atoms with E-state index in [0.717, 1.165) is 74.3 Å². The van der Waals surface area contributed by atoms with E-state index < -0.39 is 16.3 Å². The maximum atomic E-state index is 7.06. The zero-order chi connectivity index (χ0) is 33.9. The second kappa shape index (κ2) is 14.9. The molecular weight excluding hydrogens is 782 g/mol. The number of hydrogen-bond acceptors (Lipinski definition) is 2. The molecule has 0 aliphatic rings. The van der Waals surface area contributed by atoms with Gasteiger partial charge in [0, 0.05) is 41.3 Å². The molecular formula is C44H30Br2O2P2. The second-order valence-electron chi connectivity index (χ2n) is 11.7. The monoisotopic (exact) mass is 810 g/mol. The van der Waals surface area contributed by atoms with Crippen LogP contribution >= 0.6 is 48.2 Å². The SMILES string of the molecule is Brc1cccc2c(-c3c(P(Oc4ccccc4)c4ccccc4)ccc4c(Br)cccc34)c(P(Oc3ccccc3)c3ccccc3)ccc12. The van der Waals surface area contributed by atoms with Crippen molar-refractivity contribution in [3.05, 3.63) is 191 Å². The summed E-state index contributed by atoms with van der Waals surface area (Å²) in [5.74, 6) is 1.67. The van der Waals surface area contributed by atoms with Gasteiger partial charge in [0.2, 0.25) is 0 Å². The lowest BCUT2D eigenvalue weighted by molar-refractivity contribution is 0.629. The summed E-state index contributed by atoms with van der Waals surface area (Å²) in [6.07, 6.45) is 0. The van der Waals surface area contributed by atoms with E-state index in [0.29, 0.717) is 0 Å². The summed E-state index contributed by atoms with van der Waals surface area (Å²) >= 11 is 7.80. The van der Waals surface area contributed by atoms with Crippen molar-refractivity contribution in [3.63, 3.8) is 0 Å². The van der Waals surface area contributed by atoms with Crippen molar-refractivity contribution >= 4 is 90.9 Å². The highest BCUT2D eigenvalue weighted by atomic mass is 79.9. The van der Waals surface area contributed by atoms with E-state index in [1.165, 1.54) is 0 Å². The molecule has 0 heterocycles. The van der Waals surface area contributed by atoms with Gasteiger partial charge in [-0.15, -0.1) is 0 Å². The smallest absolute Gasteiger partial charge is 0.151 e. The third kappa shape index (κ3) is 6.62. The van der Waals surface area contributed by atoms with Gasteiger partial charge in [0.1, 0.15) is 11.5 Å². The van der Waals surface area contributed by atoms with E-state index in [2.05, 4.69) is 153 Å². The van der Waals surface area contributed by atoms with E-state index in [1.807, 2.05) is 60.7 Å². The van der Waals surface area contributed by atoms with Crippen LogP contribution in [0.15, 0.2) is 191 Å². The molecule has 0 amide bonds. The maximum absolute atomic E-state index is 7.06. The molecule has 0 aromatic heterocycles. The Morgan fingerprint density at radius 2 is 0.680 bits per heavy atom. The number of hydrogen-bond donors (Lipinski definition) is 0. The van der Waals surface area contributed by atoms with Crippen LogP contribution in [0, 0.1) is 0 Å². The number of fused-ring (bicyclic) bond motifs is 2. The lowest BCUT2D eigenvalue weighted by Crippen LogP contribution is -2.23. The molecule has 0 radical (unpaired) electrons. The minimum absolute atomic E-state index is 0.836. The van der Waals surface area contributed by atoms with E-state index in [4.69, 9.17) is 9.05 Å². The molecule has 8 aromatic rings. The molecule has 0 N–H and O–H groups in total. The Bertz CT molecular complexity index is 2240. The van der Waals surface area contributed by atoms with Crippen LogP contribution in [0.1, 0.15) is 0 Å². The van der Waals surface area contributed by atoms with Crippen molar-refractivity contribution in [2.75, 3.05) is 0 Å². The average Bonchev–Trinajstić information content (AvgIpc) is 3.17. The van der Waals surface area contributed by atoms with Crippen molar-refractivity contribution in [2.45, 2.75) is 0 Å². The number of halogens is 2. The Morgan fingerprint density at radius 3 is 1.06 bits per heavy atom. The maximum Gasteiger partial charge on any atom is 0.151 e. The van der Waals surface area contributed by atoms with E-state index in [9.17, 15) is 0 Å². The van der Waals surface area contributed by atoms with Crippen molar-refractivity contribution < 1.29 is 9.05 Å². The topological polar surface area (TPSA) is 18.5 Å². The highest BCUT2D eigenvalue weighted by molar-refractivity contribution is 9.11. The second-order valence-corrected chi connectivity index (χ2v) is 16.9. The molecule has 8 aromatic carbocycles. The van der Waals surface area contributed by atoms with Crippen molar-refractivity contribution in [1.82, 2.24) is 0 Å². The normalized spacial score (nSPS) is 12.4. The Hall–Kier alpha value is -4.30. The third-order valence-corrected chi connectivity index (χ3v) is 13.8. The van der Waals surface area contributed by atoms with Crippen LogP contribution in [0.5, 0.6) is 11.5 Å². The molecule has 0 saturated heterocycles. The first kappa shape index (κ1) is 32.9. The zero-order valence-corrected chi connectivity index (χ0v) is 31.7. The number of rotatable bonds is 9. The quantitative estimate of drug-likeness (QED) is 0.135. The van der Waals surface area contributed by atoms with Gasteiger partial charge in [-0.1, -0.05) is 165 Å². The highest BCUT2D eigenvalue weighted by Crippen LogP contribution is 2.48. The molecule has 50 heavy (non-hydrogen) atoms. The molecule has 2 atom stereocenters. The standard InChI is InChI=1S/C44H30Br2O2P2/c45-39-25-13-23-37-35(39)27-29-41(49(33-19-9-3-10-20-33)47-31-15-5-1-6-16-31)43(37)44-38-24-14-26-40(46)36(38)28-30-42(44)50(34-21-11-4-12-22-34)48-32-17-7-2-8-18-32/h1-30H. The van der Waals surface area contributed by atoms with Gasteiger partial charge in [0.15, 0.2) is 16.3 Å². The largest absolute Gasteiger partial charge is 0.464 e. The van der Waals surface area contributed by atoms with Crippen molar-refractivity contribution in [2.24, 2.45) is 0 Å². The Labute approximate surface area is 311 Å². The minimum Gasteiger partial charge on any atom is -0.464 e.